The summed E-state index contributed by atoms with van der Waals surface area (Å²) in [6, 6.07) is 0.0677. The van der Waals surface area contributed by atoms with Crippen LogP contribution in [0.15, 0.2) is 0 Å². The van der Waals surface area contributed by atoms with Gasteiger partial charge in [0.1, 0.15) is 5.67 Å². The fourth-order valence-corrected chi connectivity index (χ4v) is 3.20. The summed E-state index contributed by atoms with van der Waals surface area (Å²) in [5.41, 5.74) is 4.75. The van der Waals surface area contributed by atoms with Gasteiger partial charge in [-0.1, -0.05) is 6.42 Å². The van der Waals surface area contributed by atoms with Crippen LogP contribution in [-0.2, 0) is 4.74 Å². The van der Waals surface area contributed by atoms with E-state index in [0.717, 1.165) is 25.7 Å². The van der Waals surface area contributed by atoms with E-state index < -0.39 is 5.67 Å². The summed E-state index contributed by atoms with van der Waals surface area (Å²) in [4.78, 5) is 0. The molecule has 2 fully saturated rings. The number of nitrogens with two attached hydrogens (primary N) is 1. The standard InChI is InChI=1S/C11H20FNO/c1-14-10-4-2-3-9(10)11(12)6-5-8(13)7-11/h8-10H,2-7,13H2,1H3. The predicted octanol–water partition coefficient (Wildman–Crippen LogP) is 2.02. The molecule has 3 heteroatoms. The molecule has 82 valence electrons. The minimum absolute atomic E-state index is 0.0677. The lowest BCUT2D eigenvalue weighted by Gasteiger charge is -2.31. The summed E-state index contributed by atoms with van der Waals surface area (Å²) in [7, 11) is 1.70. The van der Waals surface area contributed by atoms with Crippen LogP contribution >= 0.6 is 0 Å². The second kappa shape index (κ2) is 3.78. The molecule has 4 atom stereocenters. The van der Waals surface area contributed by atoms with Crippen LogP contribution in [0.1, 0.15) is 38.5 Å². The van der Waals surface area contributed by atoms with Gasteiger partial charge in [-0.2, -0.15) is 0 Å². The molecular weight excluding hydrogens is 181 g/mol. The summed E-state index contributed by atoms with van der Waals surface area (Å²) in [6.07, 6.45) is 5.23. The van der Waals surface area contributed by atoms with Gasteiger partial charge < -0.3 is 10.5 Å². The molecule has 2 saturated carbocycles. The third-order valence-corrected chi connectivity index (χ3v) is 3.95. The van der Waals surface area contributed by atoms with E-state index in [4.69, 9.17) is 10.5 Å². The van der Waals surface area contributed by atoms with Crippen LogP contribution in [0.3, 0.4) is 0 Å². The van der Waals surface area contributed by atoms with Gasteiger partial charge in [0.2, 0.25) is 0 Å². The Kier molecular flexibility index (Phi) is 2.80. The van der Waals surface area contributed by atoms with Gasteiger partial charge in [0.05, 0.1) is 6.10 Å². The fraction of sp³-hybridized carbons (Fsp3) is 1.00. The largest absolute Gasteiger partial charge is 0.381 e. The molecule has 0 amide bonds. The molecule has 0 bridgehead atoms. The molecule has 0 spiro atoms. The SMILES string of the molecule is COC1CCCC1C1(F)CCC(N)C1. The molecule has 0 radical (unpaired) electrons. The van der Waals surface area contributed by atoms with E-state index in [1.54, 1.807) is 7.11 Å². The fourth-order valence-electron chi connectivity index (χ4n) is 3.20. The van der Waals surface area contributed by atoms with Gasteiger partial charge in [0, 0.05) is 19.1 Å². The van der Waals surface area contributed by atoms with Crippen molar-refractivity contribution < 1.29 is 9.13 Å². The molecule has 2 aliphatic rings. The lowest BCUT2D eigenvalue weighted by Crippen LogP contribution is -2.37. The number of rotatable bonds is 2. The predicted molar refractivity (Wildman–Crippen MR) is 53.8 cm³/mol. The first-order chi connectivity index (χ1) is 6.65. The van der Waals surface area contributed by atoms with E-state index in [9.17, 15) is 4.39 Å². The number of hydrogen-bond acceptors (Lipinski definition) is 2. The molecule has 2 aliphatic carbocycles. The molecule has 2 N–H and O–H groups in total. The van der Waals surface area contributed by atoms with Crippen molar-refractivity contribution in [1.29, 1.82) is 0 Å². The Balaban J connectivity index is 2.06. The Morgan fingerprint density at radius 3 is 2.71 bits per heavy atom. The first-order valence-electron chi connectivity index (χ1n) is 5.63. The summed E-state index contributed by atoms with van der Waals surface area (Å²) in [5.74, 6) is 0.0982. The second-order valence-electron chi connectivity index (χ2n) is 4.85. The van der Waals surface area contributed by atoms with Gasteiger partial charge in [0.15, 0.2) is 0 Å². The highest BCUT2D eigenvalue weighted by Gasteiger charge is 2.49. The van der Waals surface area contributed by atoms with Crippen molar-refractivity contribution in [2.24, 2.45) is 11.7 Å². The quantitative estimate of drug-likeness (QED) is 0.742. The molecule has 0 heterocycles. The third kappa shape index (κ3) is 1.68. The lowest BCUT2D eigenvalue weighted by atomic mass is 9.84. The average Bonchev–Trinajstić information content (AvgIpc) is 2.73. The topological polar surface area (TPSA) is 35.2 Å². The van der Waals surface area contributed by atoms with Crippen LogP contribution in [0.2, 0.25) is 0 Å². The van der Waals surface area contributed by atoms with E-state index in [2.05, 4.69) is 0 Å². The normalized spacial score (nSPS) is 48.6. The number of methoxy groups -OCH3 is 1. The zero-order chi connectivity index (χ0) is 10.2. The first-order valence-corrected chi connectivity index (χ1v) is 5.63. The lowest BCUT2D eigenvalue weighted by molar-refractivity contribution is -0.0136. The van der Waals surface area contributed by atoms with E-state index in [1.165, 1.54) is 0 Å². The molecule has 0 aliphatic heterocycles. The van der Waals surface area contributed by atoms with Crippen LogP contribution in [-0.4, -0.2) is 24.9 Å². The average molecular weight is 201 g/mol. The van der Waals surface area contributed by atoms with Crippen molar-refractivity contribution in [1.82, 2.24) is 0 Å². The van der Waals surface area contributed by atoms with Gasteiger partial charge >= 0.3 is 0 Å². The van der Waals surface area contributed by atoms with E-state index >= 15 is 0 Å². The minimum Gasteiger partial charge on any atom is -0.381 e. The molecule has 0 aromatic rings. The van der Waals surface area contributed by atoms with Gasteiger partial charge in [-0.3, -0.25) is 0 Å². The molecular formula is C11H20FNO. The van der Waals surface area contributed by atoms with Crippen molar-refractivity contribution >= 4 is 0 Å². The Morgan fingerprint density at radius 2 is 2.14 bits per heavy atom. The molecule has 0 aromatic heterocycles. The Labute approximate surface area is 85.0 Å². The van der Waals surface area contributed by atoms with E-state index in [-0.39, 0.29) is 18.1 Å². The van der Waals surface area contributed by atoms with Gasteiger partial charge in [-0.25, -0.2) is 4.39 Å². The number of halogens is 1. The second-order valence-corrected chi connectivity index (χ2v) is 4.85. The van der Waals surface area contributed by atoms with Crippen molar-refractivity contribution in [3.05, 3.63) is 0 Å². The summed E-state index contributed by atoms with van der Waals surface area (Å²) in [6.45, 7) is 0. The van der Waals surface area contributed by atoms with Crippen molar-refractivity contribution in [2.75, 3.05) is 7.11 Å². The van der Waals surface area contributed by atoms with Crippen molar-refractivity contribution in [3.63, 3.8) is 0 Å². The van der Waals surface area contributed by atoms with Gasteiger partial charge in [-0.05, 0) is 32.1 Å². The highest BCUT2D eigenvalue weighted by Crippen LogP contribution is 2.47. The Bertz CT molecular complexity index is 211. The van der Waals surface area contributed by atoms with Crippen LogP contribution in [0.5, 0.6) is 0 Å². The minimum atomic E-state index is -1.03. The molecule has 0 saturated heterocycles. The zero-order valence-electron chi connectivity index (χ0n) is 8.84. The number of ether oxygens (including phenoxy) is 1. The smallest absolute Gasteiger partial charge is 0.117 e. The number of alkyl halides is 1. The summed E-state index contributed by atoms with van der Waals surface area (Å²) < 4.78 is 19.9. The highest BCUT2D eigenvalue weighted by atomic mass is 19.1. The molecule has 0 aromatic carbocycles. The van der Waals surface area contributed by atoms with Crippen molar-refractivity contribution in [3.8, 4) is 0 Å². The maximum Gasteiger partial charge on any atom is 0.117 e. The van der Waals surface area contributed by atoms with Crippen LogP contribution in [0.25, 0.3) is 0 Å². The molecule has 14 heavy (non-hydrogen) atoms. The van der Waals surface area contributed by atoms with E-state index in [0.29, 0.717) is 12.8 Å². The monoisotopic (exact) mass is 201 g/mol. The zero-order valence-corrected chi connectivity index (χ0v) is 8.84. The van der Waals surface area contributed by atoms with Crippen LogP contribution in [0, 0.1) is 5.92 Å². The highest BCUT2D eigenvalue weighted by molar-refractivity contribution is 5.01. The summed E-state index contributed by atoms with van der Waals surface area (Å²) in [5, 5.41) is 0. The van der Waals surface area contributed by atoms with Crippen LogP contribution < -0.4 is 5.73 Å². The first kappa shape index (κ1) is 10.4. The maximum absolute atomic E-state index is 14.5. The maximum atomic E-state index is 14.5. The number of hydrogen-bond donors (Lipinski definition) is 1. The molecule has 4 unspecified atom stereocenters. The van der Waals surface area contributed by atoms with E-state index in [1.807, 2.05) is 0 Å². The van der Waals surface area contributed by atoms with Crippen LogP contribution in [0.4, 0.5) is 4.39 Å². The van der Waals surface area contributed by atoms with Crippen molar-refractivity contribution in [2.45, 2.75) is 56.3 Å². The third-order valence-electron chi connectivity index (χ3n) is 3.95. The Morgan fingerprint density at radius 1 is 1.36 bits per heavy atom. The van der Waals surface area contributed by atoms with Gasteiger partial charge in [-0.15, -0.1) is 0 Å². The van der Waals surface area contributed by atoms with Gasteiger partial charge in [0.25, 0.3) is 0 Å². The summed E-state index contributed by atoms with van der Waals surface area (Å²) >= 11 is 0. The molecule has 2 rings (SSSR count). The Hall–Kier alpha value is -0.150. The molecule has 2 nitrogen and oxygen atoms in total.